The monoisotopic (exact) mass is 368 g/mol. The number of nitrogens with zero attached hydrogens (tertiary/aromatic N) is 4. The third-order valence-electron chi connectivity index (χ3n) is 5.19. The third-order valence-corrected chi connectivity index (χ3v) is 5.19. The van der Waals surface area contributed by atoms with Gasteiger partial charge in [0.1, 0.15) is 6.29 Å². The van der Waals surface area contributed by atoms with E-state index in [1.807, 2.05) is 38.2 Å². The Hall–Kier alpha value is -2.44. The summed E-state index contributed by atoms with van der Waals surface area (Å²) in [7, 11) is 3.92. The topological polar surface area (TPSA) is 49.5 Å². The summed E-state index contributed by atoms with van der Waals surface area (Å²) in [6, 6.07) is 4.18. The highest BCUT2D eigenvalue weighted by Gasteiger charge is 2.24. The number of carbonyl (C=O) groups excluding carboxylic acids is 1. The quantitative estimate of drug-likeness (QED) is 0.581. The van der Waals surface area contributed by atoms with Crippen LogP contribution in [0, 0.1) is 6.92 Å². The standard InChI is InChI=1S/C21H28N4O2/c1-15-18(14-26)11-19-10-17(20(22-3)13-23(4)5)12-25(19)21(15)16(2)24-6-8-27-9-7-24/h10-14,16H,3,6-9H2,1-2,4-5H3/b20-13-. The SMILES string of the molecule is C=N/C(=C\N(C)C)c1cc2cc(C=O)c(C)c(C(C)N3CCOCC3)n2c1. The van der Waals surface area contributed by atoms with E-state index in [0.717, 1.165) is 66.2 Å². The lowest BCUT2D eigenvalue weighted by Gasteiger charge is -2.33. The Balaban J connectivity index is 2.16. The molecule has 0 spiro atoms. The molecule has 1 atom stereocenters. The minimum atomic E-state index is 0.175. The average Bonchev–Trinajstić information content (AvgIpc) is 3.09. The van der Waals surface area contributed by atoms with Gasteiger partial charge in [0.05, 0.1) is 18.9 Å². The van der Waals surface area contributed by atoms with E-state index in [0.29, 0.717) is 0 Å². The Labute approximate surface area is 160 Å². The van der Waals surface area contributed by atoms with Gasteiger partial charge < -0.3 is 14.0 Å². The van der Waals surface area contributed by atoms with Crippen LogP contribution in [0.4, 0.5) is 0 Å². The highest BCUT2D eigenvalue weighted by Crippen LogP contribution is 2.30. The van der Waals surface area contributed by atoms with Crippen LogP contribution in [0.5, 0.6) is 0 Å². The molecule has 1 aliphatic rings. The molecule has 1 aliphatic heterocycles. The summed E-state index contributed by atoms with van der Waals surface area (Å²) in [4.78, 5) is 20.2. The second-order valence-electron chi connectivity index (χ2n) is 7.21. The maximum absolute atomic E-state index is 11.7. The maximum Gasteiger partial charge on any atom is 0.150 e. The van der Waals surface area contributed by atoms with Crippen molar-refractivity contribution in [2.45, 2.75) is 19.9 Å². The number of morpholine rings is 1. The van der Waals surface area contributed by atoms with Crippen molar-refractivity contribution in [2.24, 2.45) is 4.99 Å². The first-order valence-corrected chi connectivity index (χ1v) is 9.24. The molecule has 27 heavy (non-hydrogen) atoms. The molecule has 1 fully saturated rings. The van der Waals surface area contributed by atoms with Crippen LogP contribution < -0.4 is 0 Å². The molecule has 1 saturated heterocycles. The first-order valence-electron chi connectivity index (χ1n) is 9.24. The second-order valence-corrected chi connectivity index (χ2v) is 7.21. The van der Waals surface area contributed by atoms with Gasteiger partial charge in [0.25, 0.3) is 0 Å². The van der Waals surface area contributed by atoms with Crippen LogP contribution in [-0.4, -0.2) is 67.6 Å². The molecular weight excluding hydrogens is 340 g/mol. The molecule has 0 radical (unpaired) electrons. The van der Waals surface area contributed by atoms with Crippen LogP contribution in [0.2, 0.25) is 0 Å². The Morgan fingerprint density at radius 2 is 2.04 bits per heavy atom. The van der Waals surface area contributed by atoms with E-state index in [4.69, 9.17) is 4.74 Å². The van der Waals surface area contributed by atoms with Crippen LogP contribution >= 0.6 is 0 Å². The molecule has 2 aromatic rings. The molecule has 1 unspecified atom stereocenters. The minimum absolute atomic E-state index is 0.175. The van der Waals surface area contributed by atoms with Crippen molar-refractivity contribution >= 4 is 24.2 Å². The lowest BCUT2D eigenvalue weighted by Crippen LogP contribution is -2.38. The summed E-state index contributed by atoms with van der Waals surface area (Å²) < 4.78 is 7.69. The number of pyridine rings is 1. The van der Waals surface area contributed by atoms with E-state index in [9.17, 15) is 4.79 Å². The predicted molar refractivity (Wildman–Crippen MR) is 110 cm³/mol. The Bertz CT molecular complexity index is 876. The zero-order valence-corrected chi connectivity index (χ0v) is 16.6. The van der Waals surface area contributed by atoms with E-state index >= 15 is 0 Å². The molecule has 144 valence electrons. The molecule has 0 aliphatic carbocycles. The Kier molecular flexibility index (Phi) is 5.77. The molecule has 3 heterocycles. The van der Waals surface area contributed by atoms with Crippen molar-refractivity contribution in [3.05, 3.63) is 46.9 Å². The van der Waals surface area contributed by atoms with Crippen LogP contribution in [-0.2, 0) is 4.74 Å². The number of aromatic nitrogens is 1. The van der Waals surface area contributed by atoms with Crippen molar-refractivity contribution in [3.63, 3.8) is 0 Å². The summed E-state index contributed by atoms with van der Waals surface area (Å²) in [6.45, 7) is 11.2. The van der Waals surface area contributed by atoms with Crippen LogP contribution in [0.25, 0.3) is 11.2 Å². The van der Waals surface area contributed by atoms with E-state index in [2.05, 4.69) is 40.2 Å². The summed E-state index contributed by atoms with van der Waals surface area (Å²) in [5.41, 5.74) is 5.66. The fourth-order valence-corrected chi connectivity index (χ4v) is 3.76. The highest BCUT2D eigenvalue weighted by atomic mass is 16.5. The summed E-state index contributed by atoms with van der Waals surface area (Å²) >= 11 is 0. The average molecular weight is 368 g/mol. The molecular formula is C21H28N4O2. The van der Waals surface area contributed by atoms with Gasteiger partial charge in [-0.3, -0.25) is 14.7 Å². The van der Waals surface area contributed by atoms with Gasteiger partial charge in [0, 0.05) is 68.0 Å². The zero-order chi connectivity index (χ0) is 19.6. The molecule has 0 saturated carbocycles. The summed E-state index contributed by atoms with van der Waals surface area (Å²) in [6.07, 6.45) is 4.98. The van der Waals surface area contributed by atoms with Gasteiger partial charge in [-0.05, 0) is 38.3 Å². The fraction of sp³-hybridized carbons (Fsp3) is 0.429. The fourth-order valence-electron chi connectivity index (χ4n) is 3.76. The number of rotatable bonds is 6. The Morgan fingerprint density at radius 3 is 2.63 bits per heavy atom. The lowest BCUT2D eigenvalue weighted by molar-refractivity contribution is 0.0187. The van der Waals surface area contributed by atoms with E-state index < -0.39 is 0 Å². The molecule has 6 nitrogen and oxygen atoms in total. The van der Waals surface area contributed by atoms with Crippen LogP contribution in [0.1, 0.15) is 40.1 Å². The van der Waals surface area contributed by atoms with Gasteiger partial charge in [0.2, 0.25) is 0 Å². The predicted octanol–water partition coefficient (Wildman–Crippen LogP) is 3.01. The van der Waals surface area contributed by atoms with E-state index in [1.165, 1.54) is 0 Å². The molecule has 6 heteroatoms. The molecule has 2 aromatic heterocycles. The van der Waals surface area contributed by atoms with Crippen molar-refractivity contribution < 1.29 is 9.53 Å². The lowest BCUT2D eigenvalue weighted by atomic mass is 10.0. The second kappa shape index (κ2) is 8.06. The smallest absolute Gasteiger partial charge is 0.150 e. The van der Waals surface area contributed by atoms with Crippen LogP contribution in [0.3, 0.4) is 0 Å². The number of hydrogen-bond acceptors (Lipinski definition) is 5. The summed E-state index contributed by atoms with van der Waals surface area (Å²) in [5.74, 6) is 0. The number of fused-ring (bicyclic) bond motifs is 1. The number of carbonyl (C=O) groups is 1. The minimum Gasteiger partial charge on any atom is -0.382 e. The Morgan fingerprint density at radius 1 is 1.33 bits per heavy atom. The highest BCUT2D eigenvalue weighted by molar-refractivity contribution is 5.82. The van der Waals surface area contributed by atoms with E-state index in [-0.39, 0.29) is 6.04 Å². The van der Waals surface area contributed by atoms with Crippen molar-refractivity contribution in [2.75, 3.05) is 40.4 Å². The molecule has 0 N–H and O–H groups in total. The van der Waals surface area contributed by atoms with Gasteiger partial charge >= 0.3 is 0 Å². The normalized spacial score (nSPS) is 17.1. The van der Waals surface area contributed by atoms with Gasteiger partial charge in [-0.2, -0.15) is 0 Å². The van der Waals surface area contributed by atoms with Gasteiger partial charge in [-0.25, -0.2) is 0 Å². The molecule has 0 aromatic carbocycles. The zero-order valence-electron chi connectivity index (χ0n) is 16.6. The van der Waals surface area contributed by atoms with Crippen LogP contribution in [0.15, 0.2) is 29.5 Å². The molecule has 0 bridgehead atoms. The van der Waals surface area contributed by atoms with Crippen molar-refractivity contribution in [3.8, 4) is 0 Å². The van der Waals surface area contributed by atoms with Crippen molar-refractivity contribution in [1.29, 1.82) is 0 Å². The van der Waals surface area contributed by atoms with Crippen molar-refractivity contribution in [1.82, 2.24) is 14.2 Å². The van der Waals surface area contributed by atoms with E-state index in [1.54, 1.807) is 0 Å². The van der Waals surface area contributed by atoms with Gasteiger partial charge in [-0.1, -0.05) is 0 Å². The maximum atomic E-state index is 11.7. The van der Waals surface area contributed by atoms with Gasteiger partial charge in [-0.15, -0.1) is 0 Å². The first kappa shape index (κ1) is 19.3. The number of ether oxygens (including phenoxy) is 1. The molecule has 0 amide bonds. The number of aldehydes is 1. The first-order chi connectivity index (χ1) is 13.0. The largest absolute Gasteiger partial charge is 0.382 e. The number of aliphatic imine (C=N–C) groups is 1. The summed E-state index contributed by atoms with van der Waals surface area (Å²) in [5, 5.41) is 0. The number of hydrogen-bond donors (Lipinski definition) is 0. The van der Waals surface area contributed by atoms with Gasteiger partial charge in [0.15, 0.2) is 0 Å². The third kappa shape index (κ3) is 3.82. The molecule has 3 rings (SSSR count).